The Hall–Kier alpha value is -2.05. The van der Waals surface area contributed by atoms with Gasteiger partial charge in [-0.2, -0.15) is 0 Å². The molecule has 1 fully saturated rings. The molecule has 0 unspecified atom stereocenters. The van der Waals surface area contributed by atoms with Crippen molar-refractivity contribution in [3.8, 4) is 0 Å². The molecule has 0 radical (unpaired) electrons. The smallest absolute Gasteiger partial charge is 0.419 e. The van der Waals surface area contributed by atoms with Gasteiger partial charge in [0.15, 0.2) is 11.6 Å². The normalized spacial score (nSPS) is 18.6. The highest BCUT2D eigenvalue weighted by Crippen LogP contribution is 2.16. The molecule has 0 aliphatic carbocycles. The van der Waals surface area contributed by atoms with E-state index in [9.17, 15) is 22.8 Å². The van der Waals surface area contributed by atoms with Crippen molar-refractivity contribution in [1.82, 2.24) is 4.90 Å². The number of hydrogen-bond acceptors (Lipinski definition) is 3. The van der Waals surface area contributed by atoms with Gasteiger partial charge in [0.1, 0.15) is 6.61 Å². The Morgan fingerprint density at radius 3 is 2.68 bits per heavy atom. The Bertz CT molecular complexity index is 521. The van der Waals surface area contributed by atoms with E-state index in [0.717, 1.165) is 12.1 Å². The average Bonchev–Trinajstić information content (AvgIpc) is 2.70. The van der Waals surface area contributed by atoms with Gasteiger partial charge in [0.05, 0.1) is 0 Å². The summed E-state index contributed by atoms with van der Waals surface area (Å²) in [5.74, 6) is -2.75. The molecule has 1 aliphatic heterocycles. The molecule has 102 valence electrons. The topological polar surface area (TPSA) is 46.6 Å². The lowest BCUT2D eigenvalue weighted by atomic mass is 10.1. The molecule has 2 rings (SSSR count). The number of imide groups is 1. The molecule has 2 amide bonds. The molecular weight excluding hydrogens is 263 g/mol. The predicted molar refractivity (Wildman–Crippen MR) is 57.8 cm³/mol. The van der Waals surface area contributed by atoms with Gasteiger partial charge in [-0.05, 0) is 24.1 Å². The van der Waals surface area contributed by atoms with Crippen LogP contribution in [0.15, 0.2) is 18.2 Å². The van der Waals surface area contributed by atoms with Crippen molar-refractivity contribution in [1.29, 1.82) is 0 Å². The Balaban J connectivity index is 1.96. The van der Waals surface area contributed by atoms with E-state index in [1.807, 2.05) is 0 Å². The summed E-state index contributed by atoms with van der Waals surface area (Å²) < 4.78 is 43.2. The minimum absolute atomic E-state index is 0.0759. The Morgan fingerprint density at radius 2 is 2.11 bits per heavy atom. The minimum atomic E-state index is -1.79. The standard InChI is InChI=1S/C12H10F3NO3/c13-8-3-1-7(5-9(8)14)2-4-11(17)16-10(15)6-19-12(16)18/h1,3,5,10H,2,4,6H2/t10-/m0/s1. The van der Waals surface area contributed by atoms with Gasteiger partial charge in [-0.25, -0.2) is 22.9 Å². The SMILES string of the molecule is O=C(CCc1ccc(F)c(F)c1)N1C(=O)OC[C@H]1F. The number of halogens is 3. The van der Waals surface area contributed by atoms with Crippen molar-refractivity contribution >= 4 is 12.0 Å². The second-order valence-corrected chi connectivity index (χ2v) is 4.02. The molecule has 0 aromatic heterocycles. The van der Waals surface area contributed by atoms with Gasteiger partial charge in [-0.15, -0.1) is 0 Å². The van der Waals surface area contributed by atoms with Crippen LogP contribution in [0.3, 0.4) is 0 Å². The summed E-state index contributed by atoms with van der Waals surface area (Å²) in [6.07, 6.45) is -2.93. The largest absolute Gasteiger partial charge is 0.444 e. The molecule has 0 spiro atoms. The third-order valence-corrected chi connectivity index (χ3v) is 2.70. The number of benzene rings is 1. The van der Waals surface area contributed by atoms with Gasteiger partial charge >= 0.3 is 6.09 Å². The van der Waals surface area contributed by atoms with Crippen molar-refractivity contribution in [3.63, 3.8) is 0 Å². The first-order valence-corrected chi connectivity index (χ1v) is 5.56. The molecule has 0 saturated carbocycles. The van der Waals surface area contributed by atoms with Crippen LogP contribution in [0.25, 0.3) is 0 Å². The van der Waals surface area contributed by atoms with E-state index >= 15 is 0 Å². The first kappa shape index (κ1) is 13.4. The number of ether oxygens (including phenoxy) is 1. The van der Waals surface area contributed by atoms with E-state index in [2.05, 4.69) is 4.74 Å². The zero-order chi connectivity index (χ0) is 14.0. The van der Waals surface area contributed by atoms with Crippen LogP contribution < -0.4 is 0 Å². The second-order valence-electron chi connectivity index (χ2n) is 4.02. The third kappa shape index (κ3) is 2.86. The average molecular weight is 273 g/mol. The molecule has 1 atom stereocenters. The summed E-state index contributed by atoms with van der Waals surface area (Å²) in [6.45, 7) is -0.476. The van der Waals surface area contributed by atoms with Crippen LogP contribution in [0.4, 0.5) is 18.0 Å². The van der Waals surface area contributed by atoms with Gasteiger partial charge in [-0.3, -0.25) is 4.79 Å². The fraction of sp³-hybridized carbons (Fsp3) is 0.333. The number of cyclic esters (lactones) is 1. The van der Waals surface area contributed by atoms with Crippen molar-refractivity contribution in [2.45, 2.75) is 19.1 Å². The zero-order valence-corrected chi connectivity index (χ0v) is 9.74. The van der Waals surface area contributed by atoms with E-state index in [4.69, 9.17) is 0 Å². The van der Waals surface area contributed by atoms with Crippen molar-refractivity contribution < 1.29 is 27.5 Å². The lowest BCUT2D eigenvalue weighted by Crippen LogP contribution is -2.36. The third-order valence-electron chi connectivity index (χ3n) is 2.70. The highest BCUT2D eigenvalue weighted by atomic mass is 19.2. The minimum Gasteiger partial charge on any atom is -0.444 e. The number of amides is 2. The molecule has 0 N–H and O–H groups in total. The summed E-state index contributed by atoms with van der Waals surface area (Å²) in [5.41, 5.74) is 0.384. The molecule has 1 heterocycles. The van der Waals surface area contributed by atoms with Gasteiger partial charge in [0.25, 0.3) is 0 Å². The first-order valence-electron chi connectivity index (χ1n) is 5.56. The molecule has 0 bridgehead atoms. The van der Waals surface area contributed by atoms with Crippen LogP contribution in [0.1, 0.15) is 12.0 Å². The Morgan fingerprint density at radius 1 is 1.37 bits per heavy atom. The Kier molecular flexibility index (Phi) is 3.73. The number of aryl methyl sites for hydroxylation is 1. The van der Waals surface area contributed by atoms with Crippen LogP contribution in [0.5, 0.6) is 0 Å². The summed E-state index contributed by atoms with van der Waals surface area (Å²) in [6, 6.07) is 3.22. The van der Waals surface area contributed by atoms with E-state index in [0.29, 0.717) is 10.5 Å². The predicted octanol–water partition coefficient (Wildman–Crippen LogP) is 2.17. The van der Waals surface area contributed by atoms with Crippen LogP contribution >= 0.6 is 0 Å². The molecule has 4 nitrogen and oxygen atoms in total. The second kappa shape index (κ2) is 5.29. The number of carbonyl (C=O) groups excluding carboxylic acids is 2. The highest BCUT2D eigenvalue weighted by molar-refractivity contribution is 5.93. The first-order chi connectivity index (χ1) is 8.99. The molecule has 1 aromatic carbocycles. The van der Waals surface area contributed by atoms with E-state index in [1.54, 1.807) is 0 Å². The quantitative estimate of drug-likeness (QED) is 0.793. The maximum absolute atomic E-state index is 13.2. The summed E-state index contributed by atoms with van der Waals surface area (Å²) in [5, 5.41) is 0. The number of carbonyl (C=O) groups is 2. The number of hydrogen-bond donors (Lipinski definition) is 0. The lowest BCUT2D eigenvalue weighted by Gasteiger charge is -2.13. The van der Waals surface area contributed by atoms with Crippen LogP contribution in [-0.2, 0) is 16.0 Å². The van der Waals surface area contributed by atoms with E-state index in [1.165, 1.54) is 6.07 Å². The van der Waals surface area contributed by atoms with Crippen LogP contribution in [-0.4, -0.2) is 29.8 Å². The fourth-order valence-electron chi connectivity index (χ4n) is 1.72. The molecular formula is C12H10F3NO3. The molecule has 1 aliphatic rings. The number of rotatable bonds is 3. The van der Waals surface area contributed by atoms with E-state index in [-0.39, 0.29) is 12.8 Å². The number of nitrogens with zero attached hydrogens (tertiary/aromatic N) is 1. The van der Waals surface area contributed by atoms with Gasteiger partial charge in [0, 0.05) is 6.42 Å². The van der Waals surface area contributed by atoms with Crippen LogP contribution in [0.2, 0.25) is 0 Å². The van der Waals surface area contributed by atoms with E-state index < -0.39 is 36.5 Å². The molecule has 7 heteroatoms. The highest BCUT2D eigenvalue weighted by Gasteiger charge is 2.37. The monoisotopic (exact) mass is 273 g/mol. The maximum Gasteiger partial charge on any atom is 0.419 e. The van der Waals surface area contributed by atoms with Crippen LogP contribution in [0, 0.1) is 11.6 Å². The summed E-state index contributed by atoms with van der Waals surface area (Å²) in [7, 11) is 0. The number of alkyl halides is 1. The summed E-state index contributed by atoms with van der Waals surface area (Å²) in [4.78, 5) is 23.1. The maximum atomic E-state index is 13.2. The molecule has 19 heavy (non-hydrogen) atoms. The van der Waals surface area contributed by atoms with Crippen molar-refractivity contribution in [3.05, 3.63) is 35.4 Å². The molecule has 1 saturated heterocycles. The van der Waals surface area contributed by atoms with Crippen molar-refractivity contribution in [2.75, 3.05) is 6.61 Å². The van der Waals surface area contributed by atoms with Gasteiger partial charge in [0.2, 0.25) is 12.2 Å². The molecule has 1 aromatic rings. The fourth-order valence-corrected chi connectivity index (χ4v) is 1.72. The Labute approximate surface area is 106 Å². The van der Waals surface area contributed by atoms with Crippen molar-refractivity contribution in [2.24, 2.45) is 0 Å². The zero-order valence-electron chi connectivity index (χ0n) is 9.74. The summed E-state index contributed by atoms with van der Waals surface area (Å²) >= 11 is 0. The lowest BCUT2D eigenvalue weighted by molar-refractivity contribution is -0.131. The van der Waals surface area contributed by atoms with Gasteiger partial charge in [-0.1, -0.05) is 6.07 Å². The van der Waals surface area contributed by atoms with Gasteiger partial charge < -0.3 is 4.74 Å².